The highest BCUT2D eigenvalue weighted by Crippen LogP contribution is 2.35. The van der Waals surface area contributed by atoms with Crippen LogP contribution in [0.25, 0.3) is 0 Å². The summed E-state index contributed by atoms with van der Waals surface area (Å²) in [6.07, 6.45) is -5.71. The molecule has 19 heavy (non-hydrogen) atoms. The van der Waals surface area contributed by atoms with Crippen LogP contribution < -0.4 is 10.3 Å². The third-order valence-corrected chi connectivity index (χ3v) is 2.10. The minimum Gasteiger partial charge on any atom is -0.471 e. The van der Waals surface area contributed by atoms with Crippen LogP contribution in [0.5, 0.6) is 5.88 Å². The van der Waals surface area contributed by atoms with E-state index in [1.165, 1.54) is 0 Å². The number of nitrogens with one attached hydrogen (secondary N) is 1. The van der Waals surface area contributed by atoms with Gasteiger partial charge in [0.05, 0.1) is 6.07 Å². The van der Waals surface area contributed by atoms with Gasteiger partial charge in [-0.15, -0.1) is 0 Å². The molecule has 0 bridgehead atoms. The molecule has 1 aromatic heterocycles. The van der Waals surface area contributed by atoms with Gasteiger partial charge in [0.2, 0.25) is 5.88 Å². The molecule has 9 heteroatoms. The molecule has 0 aliphatic carbocycles. The van der Waals surface area contributed by atoms with Crippen molar-refractivity contribution >= 4 is 0 Å². The van der Waals surface area contributed by atoms with E-state index in [2.05, 4.69) is 14.7 Å². The largest absolute Gasteiger partial charge is 0.471 e. The van der Waals surface area contributed by atoms with E-state index in [0.717, 1.165) is 0 Å². The molecule has 0 atom stereocenters. The number of hydrogen-bond acceptors (Lipinski definition) is 3. The molecule has 0 aliphatic rings. The van der Waals surface area contributed by atoms with Gasteiger partial charge >= 0.3 is 12.1 Å². The summed E-state index contributed by atoms with van der Waals surface area (Å²) in [5.74, 6) is -5.68. The lowest BCUT2D eigenvalue weighted by atomic mass is 10.2. The molecule has 1 aromatic rings. The number of alkyl halides is 5. The van der Waals surface area contributed by atoms with Gasteiger partial charge in [-0.1, -0.05) is 13.8 Å². The minimum atomic E-state index is -5.71. The van der Waals surface area contributed by atoms with Crippen LogP contribution in [0, 0.1) is 0 Å². The predicted octanol–water partition coefficient (Wildman–Crippen LogP) is 2.47. The highest BCUT2D eigenvalue weighted by Gasteiger charge is 2.58. The van der Waals surface area contributed by atoms with Crippen LogP contribution >= 0.6 is 0 Å². The average molecular weight is 286 g/mol. The van der Waals surface area contributed by atoms with Gasteiger partial charge in [0, 0.05) is 5.92 Å². The molecule has 0 fully saturated rings. The van der Waals surface area contributed by atoms with Crippen LogP contribution in [0.15, 0.2) is 10.9 Å². The quantitative estimate of drug-likeness (QED) is 0.865. The van der Waals surface area contributed by atoms with Crippen LogP contribution in [-0.2, 0) is 0 Å². The summed E-state index contributed by atoms with van der Waals surface area (Å²) in [5, 5.41) is 0. The Morgan fingerprint density at radius 2 is 1.89 bits per heavy atom. The second-order valence-electron chi connectivity index (χ2n) is 4.11. The first-order chi connectivity index (χ1) is 8.53. The number of halogens is 5. The van der Waals surface area contributed by atoms with Crippen molar-refractivity contribution in [1.29, 1.82) is 0 Å². The number of rotatable bonds is 4. The van der Waals surface area contributed by atoms with E-state index in [4.69, 9.17) is 0 Å². The molecule has 108 valence electrons. The zero-order valence-electron chi connectivity index (χ0n) is 10.0. The molecule has 0 saturated heterocycles. The van der Waals surface area contributed by atoms with Crippen molar-refractivity contribution in [3.8, 4) is 5.88 Å². The second-order valence-corrected chi connectivity index (χ2v) is 4.11. The van der Waals surface area contributed by atoms with Crippen LogP contribution in [-0.4, -0.2) is 28.7 Å². The highest BCUT2D eigenvalue weighted by atomic mass is 19.4. The Morgan fingerprint density at radius 1 is 1.32 bits per heavy atom. The minimum absolute atomic E-state index is 0.137. The number of aromatic nitrogens is 2. The Morgan fingerprint density at radius 3 is 2.37 bits per heavy atom. The van der Waals surface area contributed by atoms with Gasteiger partial charge in [-0.3, -0.25) is 4.79 Å². The fourth-order valence-electron chi connectivity index (χ4n) is 1.05. The summed E-state index contributed by atoms with van der Waals surface area (Å²) in [6.45, 7) is 1.39. The van der Waals surface area contributed by atoms with E-state index in [1.54, 1.807) is 13.8 Å². The zero-order chi connectivity index (χ0) is 14.8. The van der Waals surface area contributed by atoms with Gasteiger partial charge in [-0.25, -0.2) is 0 Å². The van der Waals surface area contributed by atoms with E-state index < -0.39 is 30.1 Å². The van der Waals surface area contributed by atoms with Gasteiger partial charge in [0.1, 0.15) is 5.82 Å². The molecular weight excluding hydrogens is 275 g/mol. The Hall–Kier alpha value is -1.67. The number of aromatic amines is 1. The molecule has 0 amide bonds. The maximum Gasteiger partial charge on any atom is 0.456 e. The SMILES string of the molecule is CC(C)c1nc(OCC(F)(F)C(F)(F)F)cc(=O)[nH]1. The standard InChI is InChI=1S/C10H11F5N2O2/c1-5(2)8-16-6(18)3-7(17-8)19-4-9(11,12)10(13,14)15/h3,5H,4H2,1-2H3,(H,16,17,18). The lowest BCUT2D eigenvalue weighted by Gasteiger charge is -2.19. The fraction of sp³-hybridized carbons (Fsp3) is 0.600. The molecule has 0 unspecified atom stereocenters. The third-order valence-electron chi connectivity index (χ3n) is 2.10. The Balaban J connectivity index is 2.87. The van der Waals surface area contributed by atoms with Crippen LogP contribution in [0.3, 0.4) is 0 Å². The molecule has 1 rings (SSSR count). The summed E-state index contributed by atoms with van der Waals surface area (Å²) in [7, 11) is 0. The summed E-state index contributed by atoms with van der Waals surface area (Å²) in [4.78, 5) is 17.1. The first kappa shape index (κ1) is 15.4. The van der Waals surface area contributed by atoms with Crippen LogP contribution in [0.2, 0.25) is 0 Å². The van der Waals surface area contributed by atoms with E-state index in [0.29, 0.717) is 6.07 Å². The van der Waals surface area contributed by atoms with Crippen molar-refractivity contribution in [1.82, 2.24) is 9.97 Å². The van der Waals surface area contributed by atoms with Crippen molar-refractivity contribution in [2.24, 2.45) is 0 Å². The number of ether oxygens (including phenoxy) is 1. The lowest BCUT2D eigenvalue weighted by molar-refractivity contribution is -0.290. The molecule has 0 spiro atoms. The van der Waals surface area contributed by atoms with E-state index in [1.807, 2.05) is 0 Å². The predicted molar refractivity (Wildman–Crippen MR) is 55.4 cm³/mol. The average Bonchev–Trinajstić information content (AvgIpc) is 2.24. The first-order valence-electron chi connectivity index (χ1n) is 5.21. The van der Waals surface area contributed by atoms with Crippen molar-refractivity contribution in [3.05, 3.63) is 22.2 Å². The summed E-state index contributed by atoms with van der Waals surface area (Å²) in [6, 6.07) is 0.707. The molecule has 0 aliphatic heterocycles. The number of nitrogens with zero attached hydrogens (tertiary/aromatic N) is 1. The smallest absolute Gasteiger partial charge is 0.456 e. The van der Waals surface area contributed by atoms with Gasteiger partial charge < -0.3 is 9.72 Å². The Kier molecular flexibility index (Phi) is 4.16. The molecule has 0 aromatic carbocycles. The molecular formula is C10H11F5N2O2. The summed E-state index contributed by atoms with van der Waals surface area (Å²) in [5.41, 5.74) is -0.691. The molecule has 1 heterocycles. The molecule has 0 radical (unpaired) electrons. The lowest BCUT2D eigenvalue weighted by Crippen LogP contribution is -2.42. The van der Waals surface area contributed by atoms with Crippen LogP contribution in [0.1, 0.15) is 25.6 Å². The molecule has 4 nitrogen and oxygen atoms in total. The van der Waals surface area contributed by atoms with Gasteiger partial charge in [-0.05, 0) is 0 Å². The Labute approximate surface area is 104 Å². The summed E-state index contributed by atoms with van der Waals surface area (Å²) < 4.78 is 65.2. The number of H-pyrrole nitrogens is 1. The maximum atomic E-state index is 12.6. The van der Waals surface area contributed by atoms with Crippen molar-refractivity contribution in [2.75, 3.05) is 6.61 Å². The molecule has 1 N–H and O–H groups in total. The van der Waals surface area contributed by atoms with E-state index >= 15 is 0 Å². The maximum absolute atomic E-state index is 12.6. The second kappa shape index (κ2) is 5.14. The monoisotopic (exact) mass is 286 g/mol. The van der Waals surface area contributed by atoms with Crippen molar-refractivity contribution in [3.63, 3.8) is 0 Å². The third kappa shape index (κ3) is 3.90. The fourth-order valence-corrected chi connectivity index (χ4v) is 1.05. The molecule has 0 saturated carbocycles. The van der Waals surface area contributed by atoms with E-state index in [-0.39, 0.29) is 11.7 Å². The summed E-state index contributed by atoms with van der Waals surface area (Å²) >= 11 is 0. The topological polar surface area (TPSA) is 55.0 Å². The van der Waals surface area contributed by atoms with Gasteiger partial charge in [0.25, 0.3) is 5.56 Å². The van der Waals surface area contributed by atoms with Gasteiger partial charge in [0.15, 0.2) is 6.61 Å². The van der Waals surface area contributed by atoms with Crippen molar-refractivity contribution < 1.29 is 26.7 Å². The van der Waals surface area contributed by atoms with Crippen LogP contribution in [0.4, 0.5) is 22.0 Å². The Bertz CT molecular complexity index is 495. The van der Waals surface area contributed by atoms with Crippen molar-refractivity contribution in [2.45, 2.75) is 31.9 Å². The van der Waals surface area contributed by atoms with E-state index in [9.17, 15) is 26.7 Å². The normalized spacial score (nSPS) is 12.8. The van der Waals surface area contributed by atoms with Gasteiger partial charge in [-0.2, -0.15) is 26.9 Å². The zero-order valence-corrected chi connectivity index (χ0v) is 10.0. The first-order valence-corrected chi connectivity index (χ1v) is 5.21. The number of hydrogen-bond donors (Lipinski definition) is 1. The highest BCUT2D eigenvalue weighted by molar-refractivity contribution is 5.10.